The van der Waals surface area contributed by atoms with Crippen molar-refractivity contribution in [2.45, 2.75) is 64.5 Å². The summed E-state index contributed by atoms with van der Waals surface area (Å²) in [5.41, 5.74) is -0.597. The van der Waals surface area contributed by atoms with Crippen LogP contribution in [0.1, 0.15) is 52.9 Å². The highest BCUT2D eigenvalue weighted by Crippen LogP contribution is 2.31. The van der Waals surface area contributed by atoms with E-state index in [9.17, 15) is 9.90 Å². The fraction of sp³-hybridized carbons (Fsp3) is 0.929. The molecule has 4 heteroatoms. The Bertz CT molecular complexity index is 270. The Morgan fingerprint density at radius 1 is 1.61 bits per heavy atom. The van der Waals surface area contributed by atoms with Gasteiger partial charge in [0.05, 0.1) is 18.6 Å². The van der Waals surface area contributed by atoms with Gasteiger partial charge in [0.15, 0.2) is 0 Å². The molecule has 3 atom stereocenters. The third-order valence-electron chi connectivity index (χ3n) is 3.63. The highest BCUT2D eigenvalue weighted by molar-refractivity contribution is 5.69. The minimum absolute atomic E-state index is 0.0466. The van der Waals surface area contributed by atoms with E-state index in [0.717, 1.165) is 19.3 Å². The van der Waals surface area contributed by atoms with Crippen molar-refractivity contribution in [3.8, 4) is 0 Å². The Balaban J connectivity index is 2.28. The largest absolute Gasteiger partial charge is 0.466 e. The SMILES string of the molecule is CCOC(=O)CC(C)NCC1(O)CCCC(C)C1. The fourth-order valence-electron chi connectivity index (χ4n) is 2.70. The van der Waals surface area contributed by atoms with Crippen molar-refractivity contribution in [1.82, 2.24) is 5.32 Å². The van der Waals surface area contributed by atoms with Gasteiger partial charge in [0.25, 0.3) is 0 Å². The Kier molecular flexibility index (Phi) is 6.09. The summed E-state index contributed by atoms with van der Waals surface area (Å²) in [5.74, 6) is 0.410. The molecule has 106 valence electrons. The van der Waals surface area contributed by atoms with Crippen LogP contribution in [0.25, 0.3) is 0 Å². The van der Waals surface area contributed by atoms with Crippen LogP contribution >= 0.6 is 0 Å². The van der Waals surface area contributed by atoms with Crippen molar-refractivity contribution >= 4 is 5.97 Å². The molecule has 0 amide bonds. The number of esters is 1. The van der Waals surface area contributed by atoms with Crippen molar-refractivity contribution < 1.29 is 14.6 Å². The van der Waals surface area contributed by atoms with Crippen LogP contribution in [-0.2, 0) is 9.53 Å². The van der Waals surface area contributed by atoms with Crippen LogP contribution in [-0.4, -0.2) is 35.9 Å². The van der Waals surface area contributed by atoms with Gasteiger partial charge < -0.3 is 15.2 Å². The lowest BCUT2D eigenvalue weighted by Gasteiger charge is -2.36. The van der Waals surface area contributed by atoms with Gasteiger partial charge in [0.2, 0.25) is 0 Å². The molecule has 0 aromatic carbocycles. The predicted octanol–water partition coefficient (Wildman–Crippen LogP) is 1.86. The Labute approximate surface area is 110 Å². The summed E-state index contributed by atoms with van der Waals surface area (Å²) in [6.07, 6.45) is 4.37. The summed E-state index contributed by atoms with van der Waals surface area (Å²) >= 11 is 0. The number of hydrogen-bond donors (Lipinski definition) is 2. The molecule has 1 rings (SSSR count). The molecule has 18 heavy (non-hydrogen) atoms. The molecule has 0 bridgehead atoms. The van der Waals surface area contributed by atoms with Gasteiger partial charge in [-0.15, -0.1) is 0 Å². The van der Waals surface area contributed by atoms with Crippen molar-refractivity contribution in [2.24, 2.45) is 5.92 Å². The molecule has 2 N–H and O–H groups in total. The zero-order valence-corrected chi connectivity index (χ0v) is 11.9. The number of hydrogen-bond acceptors (Lipinski definition) is 4. The predicted molar refractivity (Wildman–Crippen MR) is 71.3 cm³/mol. The molecular weight excluding hydrogens is 230 g/mol. The molecule has 0 aliphatic heterocycles. The van der Waals surface area contributed by atoms with E-state index in [0.29, 0.717) is 25.5 Å². The summed E-state index contributed by atoms with van der Waals surface area (Å²) in [4.78, 5) is 11.3. The number of nitrogens with one attached hydrogen (secondary N) is 1. The Morgan fingerprint density at radius 2 is 2.33 bits per heavy atom. The first kappa shape index (κ1) is 15.4. The van der Waals surface area contributed by atoms with E-state index in [4.69, 9.17) is 4.74 Å². The highest BCUT2D eigenvalue weighted by Gasteiger charge is 2.32. The maximum Gasteiger partial charge on any atom is 0.307 e. The summed E-state index contributed by atoms with van der Waals surface area (Å²) in [7, 11) is 0. The molecule has 1 saturated carbocycles. The lowest BCUT2D eigenvalue weighted by Crippen LogP contribution is -2.46. The van der Waals surface area contributed by atoms with Crippen molar-refractivity contribution in [1.29, 1.82) is 0 Å². The number of carbonyl (C=O) groups excluding carboxylic acids is 1. The first-order valence-corrected chi connectivity index (χ1v) is 7.06. The zero-order valence-electron chi connectivity index (χ0n) is 11.9. The van der Waals surface area contributed by atoms with Crippen molar-refractivity contribution in [3.63, 3.8) is 0 Å². The van der Waals surface area contributed by atoms with Crippen LogP contribution in [0.5, 0.6) is 0 Å². The first-order valence-electron chi connectivity index (χ1n) is 7.06. The van der Waals surface area contributed by atoms with Crippen LogP contribution < -0.4 is 5.32 Å². The van der Waals surface area contributed by atoms with Crippen LogP contribution in [0.15, 0.2) is 0 Å². The number of aliphatic hydroxyl groups is 1. The second-order valence-corrected chi connectivity index (χ2v) is 5.72. The Morgan fingerprint density at radius 3 is 2.94 bits per heavy atom. The number of ether oxygens (including phenoxy) is 1. The third-order valence-corrected chi connectivity index (χ3v) is 3.63. The van der Waals surface area contributed by atoms with E-state index in [2.05, 4.69) is 12.2 Å². The molecule has 0 heterocycles. The molecule has 0 radical (unpaired) electrons. The smallest absolute Gasteiger partial charge is 0.307 e. The van der Waals surface area contributed by atoms with Crippen LogP contribution in [0.2, 0.25) is 0 Å². The third kappa shape index (κ3) is 5.36. The summed E-state index contributed by atoms with van der Waals surface area (Å²) in [6, 6.07) is 0.0466. The zero-order chi connectivity index (χ0) is 13.6. The normalized spacial score (nSPS) is 29.9. The van der Waals surface area contributed by atoms with E-state index >= 15 is 0 Å². The molecule has 3 unspecified atom stereocenters. The van der Waals surface area contributed by atoms with Gasteiger partial charge >= 0.3 is 5.97 Å². The Hall–Kier alpha value is -0.610. The van der Waals surface area contributed by atoms with Crippen molar-refractivity contribution in [2.75, 3.05) is 13.2 Å². The summed E-state index contributed by atoms with van der Waals surface area (Å²) < 4.78 is 4.91. The quantitative estimate of drug-likeness (QED) is 0.713. The number of carbonyl (C=O) groups is 1. The molecule has 0 saturated heterocycles. The van der Waals surface area contributed by atoms with E-state index < -0.39 is 5.60 Å². The summed E-state index contributed by atoms with van der Waals surface area (Å²) in [6.45, 7) is 6.94. The van der Waals surface area contributed by atoms with Crippen LogP contribution in [0.4, 0.5) is 0 Å². The molecule has 1 aliphatic rings. The average molecular weight is 257 g/mol. The van der Waals surface area contributed by atoms with E-state index in [1.54, 1.807) is 0 Å². The van der Waals surface area contributed by atoms with Crippen molar-refractivity contribution in [3.05, 3.63) is 0 Å². The monoisotopic (exact) mass is 257 g/mol. The molecule has 1 fully saturated rings. The first-order chi connectivity index (χ1) is 8.45. The van der Waals surface area contributed by atoms with Gasteiger partial charge in [0, 0.05) is 12.6 Å². The molecule has 0 spiro atoms. The fourth-order valence-corrected chi connectivity index (χ4v) is 2.70. The lowest BCUT2D eigenvalue weighted by atomic mass is 9.79. The van der Waals surface area contributed by atoms with Crippen LogP contribution in [0, 0.1) is 5.92 Å². The van der Waals surface area contributed by atoms with Gasteiger partial charge in [0.1, 0.15) is 0 Å². The average Bonchev–Trinajstić information content (AvgIpc) is 2.26. The van der Waals surface area contributed by atoms with Gasteiger partial charge in [-0.2, -0.15) is 0 Å². The summed E-state index contributed by atoms with van der Waals surface area (Å²) in [5, 5.41) is 13.7. The maximum absolute atomic E-state index is 11.3. The van der Waals surface area contributed by atoms with E-state index in [1.807, 2.05) is 13.8 Å². The molecule has 0 aromatic rings. The topological polar surface area (TPSA) is 58.6 Å². The highest BCUT2D eigenvalue weighted by atomic mass is 16.5. The second kappa shape index (κ2) is 7.10. The molecular formula is C14H27NO3. The van der Waals surface area contributed by atoms with Gasteiger partial charge in [-0.25, -0.2) is 0 Å². The van der Waals surface area contributed by atoms with Gasteiger partial charge in [-0.05, 0) is 32.6 Å². The lowest BCUT2D eigenvalue weighted by molar-refractivity contribution is -0.143. The minimum Gasteiger partial charge on any atom is -0.466 e. The van der Waals surface area contributed by atoms with Gasteiger partial charge in [-0.1, -0.05) is 19.8 Å². The van der Waals surface area contributed by atoms with Crippen LogP contribution in [0.3, 0.4) is 0 Å². The molecule has 0 aromatic heterocycles. The number of rotatable bonds is 6. The van der Waals surface area contributed by atoms with E-state index in [-0.39, 0.29) is 12.0 Å². The van der Waals surface area contributed by atoms with E-state index in [1.165, 1.54) is 6.42 Å². The van der Waals surface area contributed by atoms with Gasteiger partial charge in [-0.3, -0.25) is 4.79 Å². The molecule has 1 aliphatic carbocycles. The molecule has 4 nitrogen and oxygen atoms in total. The second-order valence-electron chi connectivity index (χ2n) is 5.72. The maximum atomic E-state index is 11.3. The standard InChI is InChI=1S/C14H27NO3/c1-4-18-13(16)8-12(3)15-10-14(17)7-5-6-11(2)9-14/h11-12,15,17H,4-10H2,1-3H3. The minimum atomic E-state index is -0.597.